The number of fused-ring (bicyclic) bond motifs is 1. The molecule has 7 nitrogen and oxygen atoms in total. The SMILES string of the molecule is O=C(CBr)c1ccccc1CCS(=O)(=O)NCCN1C(=O)c2ccccc2C1=O. The molecular formula is C20H19BrN2O5S. The van der Waals surface area contributed by atoms with Crippen LogP contribution in [0.5, 0.6) is 0 Å². The lowest BCUT2D eigenvalue weighted by atomic mass is 10.0. The van der Waals surface area contributed by atoms with E-state index < -0.39 is 21.8 Å². The average molecular weight is 479 g/mol. The molecule has 0 atom stereocenters. The van der Waals surface area contributed by atoms with Crippen LogP contribution in [0, 0.1) is 0 Å². The highest BCUT2D eigenvalue weighted by Gasteiger charge is 2.34. The maximum atomic E-state index is 12.3. The van der Waals surface area contributed by atoms with Crippen molar-refractivity contribution >= 4 is 43.6 Å². The number of benzene rings is 2. The minimum Gasteiger partial charge on any atom is -0.293 e. The van der Waals surface area contributed by atoms with Crippen molar-refractivity contribution in [1.82, 2.24) is 9.62 Å². The number of nitrogens with one attached hydrogen (secondary N) is 1. The standard InChI is InChI=1S/C20H19BrN2O5S/c21-13-18(24)15-6-2-1-5-14(15)9-12-29(27,28)22-10-11-23-19(25)16-7-3-4-8-17(16)20(23)26/h1-8,22H,9-13H2. The van der Waals surface area contributed by atoms with Gasteiger partial charge in [-0.25, -0.2) is 13.1 Å². The molecule has 0 aliphatic carbocycles. The fourth-order valence-electron chi connectivity index (χ4n) is 3.15. The van der Waals surface area contributed by atoms with E-state index in [0.29, 0.717) is 22.3 Å². The van der Waals surface area contributed by atoms with Gasteiger partial charge in [-0.3, -0.25) is 19.3 Å². The van der Waals surface area contributed by atoms with Crippen molar-refractivity contribution in [3.63, 3.8) is 0 Å². The van der Waals surface area contributed by atoms with E-state index in [1.165, 1.54) is 0 Å². The number of ketones is 1. The first-order chi connectivity index (χ1) is 13.8. The summed E-state index contributed by atoms with van der Waals surface area (Å²) in [6.07, 6.45) is 0.178. The fourth-order valence-corrected chi connectivity index (χ4v) is 4.49. The molecule has 2 amide bonds. The van der Waals surface area contributed by atoms with Crippen LogP contribution in [0.4, 0.5) is 0 Å². The molecule has 2 aromatic carbocycles. The monoisotopic (exact) mass is 478 g/mol. The van der Waals surface area contributed by atoms with Gasteiger partial charge in [-0.1, -0.05) is 52.3 Å². The minimum atomic E-state index is -3.65. The van der Waals surface area contributed by atoms with Crippen molar-refractivity contribution < 1.29 is 22.8 Å². The number of halogens is 1. The van der Waals surface area contributed by atoms with Gasteiger partial charge in [0.15, 0.2) is 5.78 Å². The summed E-state index contributed by atoms with van der Waals surface area (Å²) in [6.45, 7) is -0.125. The Morgan fingerprint density at radius 1 is 0.966 bits per heavy atom. The smallest absolute Gasteiger partial charge is 0.261 e. The third-order valence-electron chi connectivity index (χ3n) is 4.61. The van der Waals surface area contributed by atoms with Crippen molar-refractivity contribution in [1.29, 1.82) is 0 Å². The van der Waals surface area contributed by atoms with E-state index >= 15 is 0 Å². The Morgan fingerprint density at radius 2 is 1.55 bits per heavy atom. The number of carbonyl (C=O) groups is 3. The summed E-state index contributed by atoms with van der Waals surface area (Å²) in [7, 11) is -3.65. The van der Waals surface area contributed by atoms with Gasteiger partial charge in [-0.2, -0.15) is 0 Å². The number of sulfonamides is 1. The van der Waals surface area contributed by atoms with Crippen LogP contribution in [0.25, 0.3) is 0 Å². The van der Waals surface area contributed by atoms with Gasteiger partial charge in [-0.05, 0) is 24.1 Å². The maximum Gasteiger partial charge on any atom is 0.261 e. The lowest BCUT2D eigenvalue weighted by Crippen LogP contribution is -2.39. The van der Waals surface area contributed by atoms with Crippen LogP contribution in [0.3, 0.4) is 0 Å². The molecule has 0 saturated heterocycles. The molecule has 0 bridgehead atoms. The Balaban J connectivity index is 1.56. The molecular weight excluding hydrogens is 460 g/mol. The second-order valence-corrected chi connectivity index (χ2v) is 8.97. The van der Waals surface area contributed by atoms with Gasteiger partial charge >= 0.3 is 0 Å². The molecule has 0 fully saturated rings. The largest absolute Gasteiger partial charge is 0.293 e. The van der Waals surface area contributed by atoms with Crippen molar-refractivity contribution in [2.45, 2.75) is 6.42 Å². The minimum absolute atomic E-state index is 0.0514. The van der Waals surface area contributed by atoms with Gasteiger partial charge in [0.25, 0.3) is 11.8 Å². The van der Waals surface area contributed by atoms with Gasteiger partial charge in [0, 0.05) is 18.7 Å². The van der Waals surface area contributed by atoms with Crippen molar-refractivity contribution in [3.05, 3.63) is 70.8 Å². The number of aryl methyl sites for hydroxylation is 1. The molecule has 0 radical (unpaired) electrons. The summed E-state index contributed by atoms with van der Waals surface area (Å²) in [5, 5.41) is 0.162. The Hall–Kier alpha value is -2.36. The Morgan fingerprint density at radius 3 is 2.17 bits per heavy atom. The molecule has 3 rings (SSSR count). The van der Waals surface area contributed by atoms with E-state index in [1.807, 2.05) is 0 Å². The summed E-state index contributed by atoms with van der Waals surface area (Å²) in [5.74, 6) is -1.17. The van der Waals surface area contributed by atoms with E-state index in [2.05, 4.69) is 20.7 Å². The van der Waals surface area contributed by atoms with E-state index in [-0.39, 0.29) is 36.4 Å². The quantitative estimate of drug-likeness (QED) is 0.337. The van der Waals surface area contributed by atoms with Crippen molar-refractivity contribution in [2.24, 2.45) is 0 Å². The average Bonchev–Trinajstić information content (AvgIpc) is 2.97. The van der Waals surface area contributed by atoms with Crippen molar-refractivity contribution in [3.8, 4) is 0 Å². The van der Waals surface area contributed by atoms with E-state index in [4.69, 9.17) is 0 Å². The highest BCUT2D eigenvalue weighted by Crippen LogP contribution is 2.21. The molecule has 2 aromatic rings. The van der Waals surface area contributed by atoms with Gasteiger partial charge in [0.2, 0.25) is 10.0 Å². The van der Waals surface area contributed by atoms with Crippen LogP contribution in [0.2, 0.25) is 0 Å². The molecule has 152 valence electrons. The first kappa shape index (κ1) is 21.4. The summed E-state index contributed by atoms with van der Waals surface area (Å²) in [6, 6.07) is 13.4. The molecule has 9 heteroatoms. The number of carbonyl (C=O) groups excluding carboxylic acids is 3. The predicted octanol–water partition coefficient (Wildman–Crippen LogP) is 2.02. The molecule has 1 heterocycles. The van der Waals surface area contributed by atoms with Gasteiger partial charge in [0.1, 0.15) is 0 Å². The number of hydrogen-bond acceptors (Lipinski definition) is 5. The summed E-state index contributed by atoms with van der Waals surface area (Å²) in [4.78, 5) is 37.6. The lowest BCUT2D eigenvalue weighted by molar-refractivity contribution is 0.0657. The Kier molecular flexibility index (Phi) is 6.61. The number of alkyl halides is 1. The van der Waals surface area contributed by atoms with Crippen LogP contribution in [-0.4, -0.2) is 55.1 Å². The molecule has 0 saturated carbocycles. The number of Topliss-reactive ketones (excluding diaryl/α,β-unsaturated/α-hetero) is 1. The van der Waals surface area contributed by atoms with Crippen LogP contribution in [0.1, 0.15) is 36.6 Å². The number of rotatable bonds is 9. The number of imide groups is 1. The fraction of sp³-hybridized carbons (Fsp3) is 0.250. The Labute approximate surface area is 177 Å². The van der Waals surface area contributed by atoms with E-state index in [1.54, 1.807) is 48.5 Å². The topological polar surface area (TPSA) is 101 Å². The zero-order chi connectivity index (χ0) is 21.0. The van der Waals surface area contributed by atoms with Gasteiger partial charge in [0.05, 0.1) is 22.2 Å². The van der Waals surface area contributed by atoms with Gasteiger partial charge in [-0.15, -0.1) is 0 Å². The molecule has 1 N–H and O–H groups in total. The molecule has 0 unspecified atom stereocenters. The zero-order valence-electron chi connectivity index (χ0n) is 15.4. The molecule has 0 aromatic heterocycles. The number of hydrogen-bond donors (Lipinski definition) is 1. The summed E-state index contributed by atoms with van der Waals surface area (Å²) >= 11 is 3.12. The van der Waals surface area contributed by atoms with E-state index in [9.17, 15) is 22.8 Å². The number of amides is 2. The van der Waals surface area contributed by atoms with Crippen LogP contribution < -0.4 is 4.72 Å². The first-order valence-corrected chi connectivity index (χ1v) is 11.7. The highest BCUT2D eigenvalue weighted by atomic mass is 79.9. The summed E-state index contributed by atoms with van der Waals surface area (Å²) < 4.78 is 27.1. The third-order valence-corrected chi connectivity index (χ3v) is 6.51. The zero-order valence-corrected chi connectivity index (χ0v) is 17.8. The van der Waals surface area contributed by atoms with Crippen LogP contribution in [0.15, 0.2) is 48.5 Å². The summed E-state index contributed by atoms with van der Waals surface area (Å²) in [5.41, 5.74) is 1.80. The maximum absolute atomic E-state index is 12.3. The van der Waals surface area contributed by atoms with Crippen LogP contribution >= 0.6 is 15.9 Å². The third kappa shape index (κ3) is 4.80. The van der Waals surface area contributed by atoms with Crippen molar-refractivity contribution in [2.75, 3.05) is 24.2 Å². The highest BCUT2D eigenvalue weighted by molar-refractivity contribution is 9.09. The molecule has 29 heavy (non-hydrogen) atoms. The first-order valence-electron chi connectivity index (χ1n) is 8.93. The van der Waals surface area contributed by atoms with Gasteiger partial charge < -0.3 is 0 Å². The molecule has 1 aliphatic rings. The second kappa shape index (κ2) is 8.98. The normalized spacial score (nSPS) is 13.6. The van der Waals surface area contributed by atoms with E-state index in [0.717, 1.165) is 4.90 Å². The Bertz CT molecular complexity index is 1030. The molecule has 1 aliphatic heterocycles. The number of nitrogens with zero attached hydrogens (tertiary/aromatic N) is 1. The lowest BCUT2D eigenvalue weighted by Gasteiger charge is -2.14. The second-order valence-electron chi connectivity index (χ2n) is 6.48. The molecule has 0 spiro atoms. The predicted molar refractivity (Wildman–Crippen MR) is 112 cm³/mol. The van der Waals surface area contributed by atoms with Crippen LogP contribution in [-0.2, 0) is 16.4 Å².